The number of benzene rings is 1. The van der Waals surface area contributed by atoms with E-state index in [9.17, 15) is 13.2 Å². The van der Waals surface area contributed by atoms with Crippen molar-refractivity contribution < 1.29 is 17.9 Å². The third kappa shape index (κ3) is 4.52. The predicted molar refractivity (Wildman–Crippen MR) is 109 cm³/mol. The van der Waals surface area contributed by atoms with E-state index in [4.69, 9.17) is 4.74 Å². The number of amides is 1. The van der Waals surface area contributed by atoms with Crippen LogP contribution in [0.3, 0.4) is 0 Å². The number of imidazole rings is 1. The molecule has 8 nitrogen and oxygen atoms in total. The fourth-order valence-corrected chi connectivity index (χ4v) is 5.11. The Bertz CT molecular complexity index is 969. The highest BCUT2D eigenvalue weighted by Crippen LogP contribution is 2.31. The first-order valence-electron chi connectivity index (χ1n) is 9.88. The van der Waals surface area contributed by atoms with Crippen LogP contribution in [-0.4, -0.2) is 54.5 Å². The van der Waals surface area contributed by atoms with Crippen LogP contribution in [0.4, 0.5) is 0 Å². The lowest BCUT2D eigenvalue weighted by molar-refractivity contribution is 0.0938. The summed E-state index contributed by atoms with van der Waals surface area (Å²) in [6, 6.07) is 6.82. The largest absolute Gasteiger partial charge is 0.382 e. The summed E-state index contributed by atoms with van der Waals surface area (Å²) in [4.78, 5) is 17.3. The highest BCUT2D eigenvalue weighted by molar-refractivity contribution is 7.89. The predicted octanol–water partition coefficient (Wildman–Crippen LogP) is 2.19. The summed E-state index contributed by atoms with van der Waals surface area (Å²) < 4.78 is 34.9. The number of carbonyl (C=O) groups excluding carboxylic acids is 1. The van der Waals surface area contributed by atoms with Crippen LogP contribution >= 0.6 is 0 Å². The van der Waals surface area contributed by atoms with Gasteiger partial charge in [-0.1, -0.05) is 26.0 Å². The molecule has 0 aliphatic carbocycles. The van der Waals surface area contributed by atoms with Gasteiger partial charge < -0.3 is 10.1 Å². The number of ether oxygens (including phenoxy) is 1. The molecule has 1 aromatic carbocycles. The van der Waals surface area contributed by atoms with E-state index in [1.165, 1.54) is 10.6 Å². The van der Waals surface area contributed by atoms with Gasteiger partial charge in [-0.2, -0.15) is 4.31 Å². The van der Waals surface area contributed by atoms with Gasteiger partial charge in [-0.25, -0.2) is 13.4 Å². The number of fused-ring (bicyclic) bond motifs is 3. The van der Waals surface area contributed by atoms with Crippen LogP contribution < -0.4 is 5.32 Å². The molecular formula is C20H28N4O4S. The quantitative estimate of drug-likeness (QED) is 0.661. The van der Waals surface area contributed by atoms with E-state index in [1.807, 2.05) is 20.8 Å². The Morgan fingerprint density at radius 1 is 1.31 bits per heavy atom. The summed E-state index contributed by atoms with van der Waals surface area (Å²) in [7, 11) is -3.69. The number of nitrogens with zero attached hydrogens (tertiary/aromatic N) is 3. The summed E-state index contributed by atoms with van der Waals surface area (Å²) in [5.41, 5.74) is 1.33. The van der Waals surface area contributed by atoms with Gasteiger partial charge in [0.25, 0.3) is 5.91 Å². The Labute approximate surface area is 171 Å². The van der Waals surface area contributed by atoms with Gasteiger partial charge in [-0.3, -0.25) is 9.36 Å². The summed E-state index contributed by atoms with van der Waals surface area (Å²) in [6.07, 6.45) is 2.23. The van der Waals surface area contributed by atoms with Crippen molar-refractivity contribution in [1.29, 1.82) is 0 Å². The second kappa shape index (κ2) is 9.06. The van der Waals surface area contributed by atoms with Crippen LogP contribution in [0.5, 0.6) is 0 Å². The Morgan fingerprint density at radius 3 is 2.79 bits per heavy atom. The number of sulfonamides is 1. The average Bonchev–Trinajstić information content (AvgIpc) is 3.07. The van der Waals surface area contributed by atoms with Crippen molar-refractivity contribution in [3.8, 4) is 5.69 Å². The fourth-order valence-electron chi connectivity index (χ4n) is 3.36. The van der Waals surface area contributed by atoms with Crippen LogP contribution in [0.2, 0.25) is 0 Å². The second-order valence-electron chi connectivity index (χ2n) is 7.38. The lowest BCUT2D eigenvalue weighted by atomic mass is 10.2. The summed E-state index contributed by atoms with van der Waals surface area (Å²) in [5, 5.41) is 2.85. The van der Waals surface area contributed by atoms with Gasteiger partial charge in [0, 0.05) is 26.3 Å². The van der Waals surface area contributed by atoms with E-state index < -0.39 is 10.0 Å². The average molecular weight is 421 g/mol. The van der Waals surface area contributed by atoms with Crippen LogP contribution in [-0.2, 0) is 21.3 Å². The molecule has 0 unspecified atom stereocenters. The molecule has 3 rings (SSSR count). The van der Waals surface area contributed by atoms with E-state index in [-0.39, 0.29) is 29.0 Å². The van der Waals surface area contributed by atoms with Crippen molar-refractivity contribution in [3.05, 3.63) is 42.0 Å². The van der Waals surface area contributed by atoms with E-state index in [0.717, 1.165) is 0 Å². The Morgan fingerprint density at radius 2 is 2.07 bits per heavy atom. The molecule has 0 saturated carbocycles. The molecule has 0 spiro atoms. The first kappa shape index (κ1) is 21.5. The number of carbonyl (C=O) groups is 1. The molecule has 0 atom stereocenters. The highest BCUT2D eigenvalue weighted by atomic mass is 32.2. The number of aromatic nitrogens is 2. The number of nitrogens with one attached hydrogen (secondary N) is 1. The summed E-state index contributed by atoms with van der Waals surface area (Å²) in [6.45, 7) is 8.00. The molecule has 158 valence electrons. The maximum absolute atomic E-state index is 13.3. The van der Waals surface area contributed by atoms with Crippen LogP contribution in [0.1, 0.15) is 43.4 Å². The molecule has 1 aliphatic heterocycles. The van der Waals surface area contributed by atoms with Gasteiger partial charge in [0.05, 0.1) is 17.9 Å². The zero-order chi connectivity index (χ0) is 21.0. The standard InChI is InChI=1S/C20H28N4O4S/c1-4-28-11-7-10-21-20(25)19-17-13-23(12-15(2)3)29(26,27)18-9-6-5-8-16(18)24(17)14-22-19/h5-6,8-9,14-15H,4,7,10-13H2,1-3H3,(H,21,25). The van der Waals surface area contributed by atoms with E-state index in [0.29, 0.717) is 44.1 Å². The molecule has 0 bridgehead atoms. The minimum Gasteiger partial charge on any atom is -0.382 e. The molecule has 2 aromatic rings. The number of hydrogen-bond donors (Lipinski definition) is 1. The number of hydrogen-bond acceptors (Lipinski definition) is 5. The highest BCUT2D eigenvalue weighted by Gasteiger charge is 2.34. The fraction of sp³-hybridized carbons (Fsp3) is 0.500. The SMILES string of the molecule is CCOCCCNC(=O)c1ncn2c1CN(CC(C)C)S(=O)(=O)c1ccccc1-2. The molecule has 29 heavy (non-hydrogen) atoms. The van der Waals surface area contributed by atoms with Gasteiger partial charge in [0.2, 0.25) is 10.0 Å². The molecule has 1 N–H and O–H groups in total. The Balaban J connectivity index is 1.95. The van der Waals surface area contributed by atoms with Crippen molar-refractivity contribution in [3.63, 3.8) is 0 Å². The van der Waals surface area contributed by atoms with E-state index >= 15 is 0 Å². The number of para-hydroxylation sites is 1. The second-order valence-corrected chi connectivity index (χ2v) is 9.28. The first-order chi connectivity index (χ1) is 13.9. The molecule has 1 aliphatic rings. The minimum absolute atomic E-state index is 0.0941. The van der Waals surface area contributed by atoms with Crippen molar-refractivity contribution >= 4 is 15.9 Å². The first-order valence-corrected chi connectivity index (χ1v) is 11.3. The molecule has 0 fully saturated rings. The van der Waals surface area contributed by atoms with Crippen LogP contribution in [0, 0.1) is 5.92 Å². The summed E-state index contributed by atoms with van der Waals surface area (Å²) >= 11 is 0. The van der Waals surface area contributed by atoms with E-state index in [2.05, 4.69) is 10.3 Å². The minimum atomic E-state index is -3.69. The third-order valence-electron chi connectivity index (χ3n) is 4.67. The number of rotatable bonds is 8. The lowest BCUT2D eigenvalue weighted by Gasteiger charge is -2.22. The molecule has 1 aromatic heterocycles. The van der Waals surface area contributed by atoms with Crippen molar-refractivity contribution in [2.45, 2.75) is 38.6 Å². The third-order valence-corrected chi connectivity index (χ3v) is 6.53. The summed E-state index contributed by atoms with van der Waals surface area (Å²) in [5.74, 6) is -0.168. The smallest absolute Gasteiger partial charge is 0.271 e. The van der Waals surface area contributed by atoms with Crippen molar-refractivity contribution in [2.75, 3.05) is 26.3 Å². The monoisotopic (exact) mass is 420 g/mol. The lowest BCUT2D eigenvalue weighted by Crippen LogP contribution is -2.34. The van der Waals surface area contributed by atoms with Crippen molar-refractivity contribution in [2.24, 2.45) is 5.92 Å². The molecule has 2 heterocycles. The Hall–Kier alpha value is -2.23. The molecule has 0 saturated heterocycles. The normalized spacial score (nSPS) is 15.6. The molecule has 9 heteroatoms. The van der Waals surface area contributed by atoms with Crippen LogP contribution in [0.25, 0.3) is 5.69 Å². The van der Waals surface area contributed by atoms with Crippen molar-refractivity contribution in [1.82, 2.24) is 19.2 Å². The zero-order valence-corrected chi connectivity index (χ0v) is 17.9. The van der Waals surface area contributed by atoms with E-state index in [1.54, 1.807) is 28.8 Å². The molecular weight excluding hydrogens is 392 g/mol. The Kier molecular flexibility index (Phi) is 6.71. The van der Waals surface area contributed by atoms with Gasteiger partial charge in [0.15, 0.2) is 5.69 Å². The molecule has 1 amide bonds. The van der Waals surface area contributed by atoms with Crippen LogP contribution in [0.15, 0.2) is 35.5 Å². The van der Waals surface area contributed by atoms with Gasteiger partial charge in [-0.15, -0.1) is 0 Å². The van der Waals surface area contributed by atoms with Gasteiger partial charge in [0.1, 0.15) is 11.2 Å². The topological polar surface area (TPSA) is 93.5 Å². The zero-order valence-electron chi connectivity index (χ0n) is 17.1. The maximum Gasteiger partial charge on any atom is 0.271 e. The van der Waals surface area contributed by atoms with Gasteiger partial charge >= 0.3 is 0 Å². The molecule has 0 radical (unpaired) electrons. The maximum atomic E-state index is 13.3. The van der Waals surface area contributed by atoms with Gasteiger partial charge in [-0.05, 0) is 31.4 Å².